The number of hydrogen-bond acceptors (Lipinski definition) is 7. The number of hydrogen-bond donors (Lipinski definition) is 3. The molecule has 0 aromatic heterocycles. The van der Waals surface area contributed by atoms with Crippen LogP contribution in [0, 0.1) is 28.7 Å². The van der Waals surface area contributed by atoms with Crippen molar-refractivity contribution in [3.63, 3.8) is 0 Å². The Bertz CT molecular complexity index is 993. The van der Waals surface area contributed by atoms with Crippen LogP contribution in [0.15, 0.2) is 88.4 Å². The molecule has 2 aliphatic rings. The van der Waals surface area contributed by atoms with Crippen molar-refractivity contribution in [3.8, 4) is 12.0 Å². The van der Waals surface area contributed by atoms with Crippen LogP contribution in [0.25, 0.3) is 0 Å². The third-order valence-electron chi connectivity index (χ3n) is 4.94. The van der Waals surface area contributed by atoms with Gasteiger partial charge in [-0.3, -0.25) is 0 Å². The van der Waals surface area contributed by atoms with Gasteiger partial charge in [-0.2, -0.15) is 0 Å². The normalized spacial score (nSPS) is 20.7. The smallest absolute Gasteiger partial charge is 0.379 e. The second-order valence-electron chi connectivity index (χ2n) is 7.44. The van der Waals surface area contributed by atoms with Crippen LogP contribution in [-0.4, -0.2) is 31.6 Å². The zero-order chi connectivity index (χ0) is 24.1. The van der Waals surface area contributed by atoms with E-state index in [0.717, 1.165) is 11.3 Å². The maximum Gasteiger partial charge on any atom is 0.379 e. The predicted octanol–water partition coefficient (Wildman–Crippen LogP) is 3.28. The van der Waals surface area contributed by atoms with Crippen molar-refractivity contribution in [3.05, 3.63) is 88.1 Å². The van der Waals surface area contributed by atoms with Gasteiger partial charge >= 0.3 is 5.97 Å². The second-order valence-corrected chi connectivity index (χ2v) is 7.44. The van der Waals surface area contributed by atoms with E-state index in [2.05, 4.69) is 38.8 Å². The number of nitroso groups, excluding NO2 is 1. The van der Waals surface area contributed by atoms with Crippen LogP contribution < -0.4 is 16.4 Å². The lowest BCUT2D eigenvalue weighted by Gasteiger charge is -2.14. The molecule has 0 aliphatic heterocycles. The first kappa shape index (κ1) is 25.6. The lowest BCUT2D eigenvalue weighted by atomic mass is 9.99. The highest BCUT2D eigenvalue weighted by molar-refractivity contribution is 5.91. The molecule has 0 saturated carbocycles. The molecule has 174 valence electrons. The molecular formula is C25H29FN4O3. The van der Waals surface area contributed by atoms with Gasteiger partial charge in [-0.15, -0.1) is 4.91 Å². The Hall–Kier alpha value is -3.70. The van der Waals surface area contributed by atoms with E-state index in [1.165, 1.54) is 12.2 Å². The molecule has 0 heterocycles. The van der Waals surface area contributed by atoms with E-state index in [1.807, 2.05) is 44.2 Å². The lowest BCUT2D eigenvalue weighted by molar-refractivity contribution is -0.177. The van der Waals surface area contributed by atoms with Crippen molar-refractivity contribution in [2.75, 3.05) is 19.6 Å². The molecule has 0 fully saturated rings. The van der Waals surface area contributed by atoms with Crippen LogP contribution in [0.3, 0.4) is 0 Å². The van der Waals surface area contributed by atoms with Crippen LogP contribution in [-0.2, 0) is 9.74 Å². The number of carbonyl (C=O) groups is 1. The van der Waals surface area contributed by atoms with Crippen molar-refractivity contribution in [2.45, 2.75) is 19.9 Å². The molecule has 33 heavy (non-hydrogen) atoms. The molecule has 2 rings (SSSR count). The SMILES string of the molecule is CCNC#CC(/C=C(\C)C1=CC(N=O)C=C(C(=O)OF)C=C1)CNC1=CC(CN)C=CC=C1. The third kappa shape index (κ3) is 8.39. The van der Waals surface area contributed by atoms with Gasteiger partial charge in [-0.1, -0.05) is 47.6 Å². The number of nitrogens with zero attached hydrogens (tertiary/aromatic N) is 1. The van der Waals surface area contributed by atoms with Crippen LogP contribution in [0.2, 0.25) is 0 Å². The molecule has 0 aromatic carbocycles. The first-order valence-corrected chi connectivity index (χ1v) is 10.7. The highest BCUT2D eigenvalue weighted by atomic mass is 19.3. The van der Waals surface area contributed by atoms with Crippen molar-refractivity contribution in [1.29, 1.82) is 0 Å². The van der Waals surface area contributed by atoms with E-state index in [4.69, 9.17) is 5.73 Å². The summed E-state index contributed by atoms with van der Waals surface area (Å²) in [6, 6.07) is 2.02. The summed E-state index contributed by atoms with van der Waals surface area (Å²) in [5.41, 5.74) is 8.18. The zero-order valence-electron chi connectivity index (χ0n) is 18.8. The molecule has 3 atom stereocenters. The number of rotatable bonds is 9. The summed E-state index contributed by atoms with van der Waals surface area (Å²) in [5.74, 6) is 1.99. The van der Waals surface area contributed by atoms with E-state index in [0.29, 0.717) is 25.2 Å². The number of carbonyl (C=O) groups excluding carboxylic acids is 1. The molecule has 0 spiro atoms. The molecular weight excluding hydrogens is 423 g/mol. The Labute approximate surface area is 193 Å². The Morgan fingerprint density at radius 3 is 2.73 bits per heavy atom. The van der Waals surface area contributed by atoms with Crippen molar-refractivity contribution in [1.82, 2.24) is 10.6 Å². The Balaban J connectivity index is 2.24. The molecule has 4 N–H and O–H groups in total. The molecule has 0 bridgehead atoms. The minimum Gasteiger partial charge on any atom is -0.384 e. The van der Waals surface area contributed by atoms with Gasteiger partial charge in [0.1, 0.15) is 6.04 Å². The molecule has 8 heteroatoms. The maximum absolute atomic E-state index is 12.3. The van der Waals surface area contributed by atoms with Crippen molar-refractivity contribution < 1.29 is 14.3 Å². The molecule has 3 unspecified atom stereocenters. The highest BCUT2D eigenvalue weighted by Crippen LogP contribution is 2.21. The summed E-state index contributed by atoms with van der Waals surface area (Å²) < 4.78 is 12.3. The van der Waals surface area contributed by atoms with Gasteiger partial charge < -0.3 is 16.4 Å². The zero-order valence-corrected chi connectivity index (χ0v) is 18.8. The summed E-state index contributed by atoms with van der Waals surface area (Å²) in [7, 11) is 0. The number of allylic oxidation sites excluding steroid dienone is 6. The predicted molar refractivity (Wildman–Crippen MR) is 128 cm³/mol. The fourth-order valence-electron chi connectivity index (χ4n) is 3.19. The standard InChI is InChI=1S/C25H29FN4O3/c1-3-28-11-10-20(17-29-23-7-5-4-6-19(13-23)16-27)12-18(2)21-8-9-22(25(31)33-26)15-24(14-21)30-32/h4-9,12-15,19-20,24,28-29H,3,16-17,27H2,1-2H3/b18-12+. The minimum absolute atomic E-state index is 0.0820. The Morgan fingerprint density at radius 2 is 2.03 bits per heavy atom. The van der Waals surface area contributed by atoms with Crippen LogP contribution >= 0.6 is 0 Å². The summed E-state index contributed by atoms with van der Waals surface area (Å²) in [4.78, 5) is 26.0. The van der Waals surface area contributed by atoms with E-state index >= 15 is 0 Å². The number of halogens is 1. The highest BCUT2D eigenvalue weighted by Gasteiger charge is 2.17. The van der Waals surface area contributed by atoms with E-state index < -0.39 is 12.0 Å². The molecule has 0 radical (unpaired) electrons. The van der Waals surface area contributed by atoms with Gasteiger partial charge in [0, 0.05) is 41.8 Å². The topological polar surface area (TPSA) is 106 Å². The fourth-order valence-corrected chi connectivity index (χ4v) is 3.19. The molecule has 2 aliphatic carbocycles. The summed E-state index contributed by atoms with van der Waals surface area (Å²) in [6.45, 7) is 5.60. The van der Waals surface area contributed by atoms with E-state index in [1.54, 1.807) is 12.2 Å². The van der Waals surface area contributed by atoms with Crippen LogP contribution in [0.5, 0.6) is 0 Å². The molecule has 0 aromatic rings. The first-order valence-electron chi connectivity index (χ1n) is 10.7. The van der Waals surface area contributed by atoms with Gasteiger partial charge in [-0.05, 0) is 49.3 Å². The molecule has 0 amide bonds. The fraction of sp³-hybridized carbons (Fsp3) is 0.320. The summed E-state index contributed by atoms with van der Waals surface area (Å²) >= 11 is 0. The monoisotopic (exact) mass is 452 g/mol. The molecule has 7 nitrogen and oxygen atoms in total. The summed E-state index contributed by atoms with van der Waals surface area (Å²) in [6.07, 6.45) is 17.9. The quantitative estimate of drug-likeness (QED) is 0.282. The maximum atomic E-state index is 12.3. The van der Waals surface area contributed by atoms with E-state index in [9.17, 15) is 14.2 Å². The van der Waals surface area contributed by atoms with Crippen LogP contribution in [0.4, 0.5) is 4.53 Å². The average molecular weight is 453 g/mol. The third-order valence-corrected chi connectivity index (χ3v) is 4.94. The Kier molecular flexibility index (Phi) is 10.6. The molecule has 0 saturated heterocycles. The van der Waals surface area contributed by atoms with Crippen LogP contribution in [0.1, 0.15) is 13.8 Å². The van der Waals surface area contributed by atoms with Gasteiger partial charge in [0.15, 0.2) is 0 Å². The van der Waals surface area contributed by atoms with Gasteiger partial charge in [0.05, 0.1) is 11.5 Å². The number of nitrogens with one attached hydrogen (secondary N) is 2. The lowest BCUT2D eigenvalue weighted by Crippen LogP contribution is -2.22. The van der Waals surface area contributed by atoms with Crippen molar-refractivity contribution >= 4 is 5.97 Å². The van der Waals surface area contributed by atoms with Gasteiger partial charge in [-0.25, -0.2) is 9.74 Å². The summed E-state index contributed by atoms with van der Waals surface area (Å²) in [5, 5.41) is 9.39. The van der Waals surface area contributed by atoms with Gasteiger partial charge in [0.2, 0.25) is 0 Å². The first-order chi connectivity index (χ1) is 16.0. The average Bonchev–Trinajstić information content (AvgIpc) is 3.20. The van der Waals surface area contributed by atoms with Gasteiger partial charge in [0.25, 0.3) is 0 Å². The van der Waals surface area contributed by atoms with E-state index in [-0.39, 0.29) is 17.4 Å². The number of nitrogens with two attached hydrogens (primary N) is 1. The Morgan fingerprint density at radius 1 is 1.27 bits per heavy atom. The second kappa shape index (κ2) is 13.7. The van der Waals surface area contributed by atoms with Crippen molar-refractivity contribution in [2.24, 2.45) is 22.7 Å². The minimum atomic E-state index is -1.18. The largest absolute Gasteiger partial charge is 0.384 e.